The summed E-state index contributed by atoms with van der Waals surface area (Å²) in [5.74, 6) is 1.68. The molecule has 2 aliphatic carbocycles. The number of piperazine rings is 1. The molecular weight excluding hydrogens is 250 g/mol. The molecule has 0 spiro atoms. The van der Waals surface area contributed by atoms with Gasteiger partial charge in [-0.05, 0) is 44.4 Å². The van der Waals surface area contributed by atoms with Crippen molar-refractivity contribution in [3.63, 3.8) is 0 Å². The van der Waals surface area contributed by atoms with Crippen molar-refractivity contribution in [2.75, 3.05) is 26.2 Å². The normalized spacial score (nSPS) is 39.2. The van der Waals surface area contributed by atoms with Gasteiger partial charge in [-0.25, -0.2) is 0 Å². The Morgan fingerprint density at radius 2 is 1.85 bits per heavy atom. The lowest BCUT2D eigenvalue weighted by Crippen LogP contribution is -2.55. The SMILES string of the molecule is CCC(C)N1CCN(C(=O)C2C3CCC(C3)C2N)CC1. The predicted molar refractivity (Wildman–Crippen MR) is 80.2 cm³/mol. The Kier molecular flexibility index (Phi) is 4.04. The highest BCUT2D eigenvalue weighted by Crippen LogP contribution is 2.48. The minimum atomic E-state index is 0.129. The summed E-state index contributed by atoms with van der Waals surface area (Å²) >= 11 is 0. The van der Waals surface area contributed by atoms with Crippen LogP contribution < -0.4 is 5.73 Å². The topological polar surface area (TPSA) is 49.6 Å². The quantitative estimate of drug-likeness (QED) is 0.847. The summed E-state index contributed by atoms with van der Waals surface area (Å²) in [5.41, 5.74) is 6.31. The predicted octanol–water partition coefficient (Wildman–Crippen LogP) is 1.30. The number of hydrogen-bond donors (Lipinski definition) is 1. The zero-order valence-electron chi connectivity index (χ0n) is 12.9. The van der Waals surface area contributed by atoms with Crippen molar-refractivity contribution in [2.45, 2.75) is 51.6 Å². The van der Waals surface area contributed by atoms with E-state index >= 15 is 0 Å². The number of fused-ring (bicyclic) bond motifs is 2. The molecule has 1 heterocycles. The molecule has 0 aromatic heterocycles. The van der Waals surface area contributed by atoms with Gasteiger partial charge >= 0.3 is 0 Å². The molecule has 2 N–H and O–H groups in total. The Balaban J connectivity index is 1.57. The second-order valence-corrected chi connectivity index (χ2v) is 7.05. The maximum atomic E-state index is 12.8. The van der Waals surface area contributed by atoms with Crippen molar-refractivity contribution in [1.29, 1.82) is 0 Å². The summed E-state index contributed by atoms with van der Waals surface area (Å²) < 4.78 is 0. The molecule has 5 unspecified atom stereocenters. The molecule has 5 atom stereocenters. The molecule has 4 nitrogen and oxygen atoms in total. The molecule has 3 aliphatic rings. The van der Waals surface area contributed by atoms with E-state index in [9.17, 15) is 4.79 Å². The Morgan fingerprint density at radius 1 is 1.20 bits per heavy atom. The molecule has 1 amide bonds. The highest BCUT2D eigenvalue weighted by Gasteiger charge is 2.50. The number of nitrogens with two attached hydrogens (primary N) is 1. The van der Waals surface area contributed by atoms with Crippen molar-refractivity contribution in [3.05, 3.63) is 0 Å². The molecular formula is C16H29N3O. The van der Waals surface area contributed by atoms with Crippen LogP contribution in [0.4, 0.5) is 0 Å². The van der Waals surface area contributed by atoms with Gasteiger partial charge in [-0.15, -0.1) is 0 Å². The van der Waals surface area contributed by atoms with Crippen LogP contribution in [0.5, 0.6) is 0 Å². The second kappa shape index (κ2) is 5.64. The van der Waals surface area contributed by atoms with Gasteiger partial charge in [0.25, 0.3) is 0 Å². The van der Waals surface area contributed by atoms with E-state index in [-0.39, 0.29) is 12.0 Å². The van der Waals surface area contributed by atoms with Gasteiger partial charge in [0.2, 0.25) is 5.91 Å². The van der Waals surface area contributed by atoms with Crippen molar-refractivity contribution in [2.24, 2.45) is 23.5 Å². The Labute approximate surface area is 122 Å². The lowest BCUT2D eigenvalue weighted by Gasteiger charge is -2.40. The minimum Gasteiger partial charge on any atom is -0.340 e. The first-order valence-corrected chi connectivity index (χ1v) is 8.40. The highest BCUT2D eigenvalue weighted by atomic mass is 16.2. The van der Waals surface area contributed by atoms with Crippen molar-refractivity contribution in [3.8, 4) is 0 Å². The average molecular weight is 279 g/mol. The van der Waals surface area contributed by atoms with Gasteiger partial charge in [0, 0.05) is 38.3 Å². The van der Waals surface area contributed by atoms with E-state index in [0.29, 0.717) is 23.8 Å². The van der Waals surface area contributed by atoms with Crippen molar-refractivity contribution in [1.82, 2.24) is 9.80 Å². The Bertz CT molecular complexity index is 363. The maximum absolute atomic E-state index is 12.8. The first kappa shape index (κ1) is 14.3. The van der Waals surface area contributed by atoms with E-state index in [0.717, 1.165) is 26.2 Å². The van der Waals surface area contributed by atoms with Gasteiger partial charge in [-0.2, -0.15) is 0 Å². The van der Waals surface area contributed by atoms with Crippen LogP contribution in [-0.4, -0.2) is 54.0 Å². The number of amides is 1. The van der Waals surface area contributed by atoms with Gasteiger partial charge in [0.05, 0.1) is 5.92 Å². The Hall–Kier alpha value is -0.610. The third-order valence-corrected chi connectivity index (χ3v) is 6.11. The average Bonchev–Trinajstić information content (AvgIpc) is 3.07. The molecule has 0 aromatic rings. The maximum Gasteiger partial charge on any atom is 0.227 e. The fourth-order valence-electron chi connectivity index (χ4n) is 4.55. The second-order valence-electron chi connectivity index (χ2n) is 7.05. The molecule has 3 fully saturated rings. The summed E-state index contributed by atoms with van der Waals surface area (Å²) in [4.78, 5) is 17.4. The summed E-state index contributed by atoms with van der Waals surface area (Å²) in [6.45, 7) is 8.35. The fourth-order valence-corrected chi connectivity index (χ4v) is 4.55. The number of rotatable bonds is 3. The third kappa shape index (κ3) is 2.37. The van der Waals surface area contributed by atoms with Crippen LogP contribution in [-0.2, 0) is 4.79 Å². The fraction of sp³-hybridized carbons (Fsp3) is 0.938. The summed E-state index contributed by atoms with van der Waals surface area (Å²) in [6, 6.07) is 0.769. The summed E-state index contributed by atoms with van der Waals surface area (Å²) in [7, 11) is 0. The molecule has 2 bridgehead atoms. The van der Waals surface area contributed by atoms with E-state index < -0.39 is 0 Å². The lowest BCUT2D eigenvalue weighted by atomic mass is 9.84. The largest absolute Gasteiger partial charge is 0.340 e. The number of carbonyl (C=O) groups is 1. The number of nitrogens with zero attached hydrogens (tertiary/aromatic N) is 2. The highest BCUT2D eigenvalue weighted by molar-refractivity contribution is 5.80. The minimum absolute atomic E-state index is 0.129. The van der Waals surface area contributed by atoms with Crippen LogP contribution in [0.2, 0.25) is 0 Å². The molecule has 1 aliphatic heterocycles. The third-order valence-electron chi connectivity index (χ3n) is 6.11. The van der Waals surface area contributed by atoms with E-state index in [4.69, 9.17) is 5.73 Å². The molecule has 0 radical (unpaired) electrons. The lowest BCUT2D eigenvalue weighted by molar-refractivity contribution is -0.139. The van der Waals surface area contributed by atoms with Crippen LogP contribution >= 0.6 is 0 Å². The van der Waals surface area contributed by atoms with Gasteiger partial charge in [-0.3, -0.25) is 9.69 Å². The summed E-state index contributed by atoms with van der Waals surface area (Å²) in [6.07, 6.45) is 4.86. The van der Waals surface area contributed by atoms with E-state index in [1.54, 1.807) is 0 Å². The monoisotopic (exact) mass is 279 g/mol. The first-order chi connectivity index (χ1) is 9.61. The van der Waals surface area contributed by atoms with Gasteiger partial charge in [0.15, 0.2) is 0 Å². The molecule has 4 heteroatoms. The van der Waals surface area contributed by atoms with E-state index in [1.165, 1.54) is 25.7 Å². The van der Waals surface area contributed by atoms with Crippen molar-refractivity contribution >= 4 is 5.91 Å². The summed E-state index contributed by atoms with van der Waals surface area (Å²) in [5, 5.41) is 0. The van der Waals surface area contributed by atoms with Crippen LogP contribution in [0.25, 0.3) is 0 Å². The molecule has 20 heavy (non-hydrogen) atoms. The van der Waals surface area contributed by atoms with E-state index in [1.807, 2.05) is 0 Å². The van der Waals surface area contributed by atoms with Crippen LogP contribution in [0.1, 0.15) is 39.5 Å². The van der Waals surface area contributed by atoms with Crippen LogP contribution in [0.3, 0.4) is 0 Å². The van der Waals surface area contributed by atoms with Gasteiger partial charge in [-0.1, -0.05) is 6.92 Å². The zero-order valence-corrected chi connectivity index (χ0v) is 12.9. The van der Waals surface area contributed by atoms with Gasteiger partial charge < -0.3 is 10.6 Å². The molecule has 3 rings (SSSR count). The smallest absolute Gasteiger partial charge is 0.227 e. The van der Waals surface area contributed by atoms with Crippen molar-refractivity contribution < 1.29 is 4.79 Å². The standard InChI is InChI=1S/C16H29N3O/c1-3-11(2)18-6-8-19(9-7-18)16(20)14-12-4-5-13(10-12)15(14)17/h11-15H,3-10,17H2,1-2H3. The Morgan fingerprint density at radius 3 is 2.40 bits per heavy atom. The molecule has 114 valence electrons. The van der Waals surface area contributed by atoms with E-state index in [2.05, 4.69) is 23.6 Å². The van der Waals surface area contributed by atoms with Crippen LogP contribution in [0, 0.1) is 17.8 Å². The van der Waals surface area contributed by atoms with Crippen LogP contribution in [0.15, 0.2) is 0 Å². The molecule has 0 aromatic carbocycles. The first-order valence-electron chi connectivity index (χ1n) is 8.40. The number of hydrogen-bond acceptors (Lipinski definition) is 3. The van der Waals surface area contributed by atoms with Gasteiger partial charge in [0.1, 0.15) is 0 Å². The zero-order chi connectivity index (χ0) is 14.3. The molecule has 2 saturated carbocycles. The molecule has 1 saturated heterocycles. The number of carbonyl (C=O) groups excluding carboxylic acids is 1.